The normalized spacial score (nSPS) is 11.9. The molecule has 0 aliphatic heterocycles. The van der Waals surface area contributed by atoms with E-state index < -0.39 is 33.4 Å². The summed E-state index contributed by atoms with van der Waals surface area (Å²) in [7, 11) is -3.27. The van der Waals surface area contributed by atoms with E-state index in [2.05, 4.69) is 10.3 Å². The van der Waals surface area contributed by atoms with Gasteiger partial charge in [-0.1, -0.05) is 6.92 Å². The molecule has 0 fully saturated rings. The predicted octanol–water partition coefficient (Wildman–Crippen LogP) is 1.58. The number of hydrogen-bond acceptors (Lipinski definition) is 4. The van der Waals surface area contributed by atoms with Gasteiger partial charge in [-0.2, -0.15) is 9.37 Å². The molecule has 0 unspecified atom stereocenters. The fourth-order valence-electron chi connectivity index (χ4n) is 1.59. The third kappa shape index (κ3) is 4.64. The highest BCUT2D eigenvalue weighted by Gasteiger charge is 2.14. The molecule has 0 amide bonds. The van der Waals surface area contributed by atoms with Crippen molar-refractivity contribution >= 4 is 15.8 Å². The van der Waals surface area contributed by atoms with E-state index >= 15 is 0 Å². The molecule has 0 atom stereocenters. The minimum absolute atomic E-state index is 0.182. The molecule has 5 nitrogen and oxygen atoms in total. The average Bonchev–Trinajstić information content (AvgIpc) is 2.33. The molecule has 1 N–H and O–H groups in total. The largest absolute Gasteiger partial charge is 0.367 e. The summed E-state index contributed by atoms with van der Waals surface area (Å²) in [5, 5.41) is 2.50. The molecule has 0 aliphatic rings. The van der Waals surface area contributed by atoms with Gasteiger partial charge in [0.15, 0.2) is 17.5 Å². The van der Waals surface area contributed by atoms with Crippen molar-refractivity contribution in [1.29, 1.82) is 0 Å². The third-order valence-corrected chi connectivity index (χ3v) is 3.96. The van der Waals surface area contributed by atoms with Crippen LogP contribution in [0.3, 0.4) is 0 Å². The van der Waals surface area contributed by atoms with E-state index in [1.807, 2.05) is 0 Å². The van der Waals surface area contributed by atoms with Gasteiger partial charge in [0, 0.05) is 25.7 Å². The fraction of sp³-hybridized carbons (Fsp3) is 0.545. The number of pyridine rings is 1. The van der Waals surface area contributed by atoms with E-state index in [1.54, 1.807) is 6.92 Å². The van der Waals surface area contributed by atoms with Crippen LogP contribution in [0.4, 0.5) is 19.0 Å². The van der Waals surface area contributed by atoms with Gasteiger partial charge in [-0.3, -0.25) is 0 Å². The van der Waals surface area contributed by atoms with Crippen LogP contribution < -0.4 is 5.32 Å². The van der Waals surface area contributed by atoms with Gasteiger partial charge in [0.2, 0.25) is 10.0 Å². The van der Waals surface area contributed by atoms with Gasteiger partial charge in [0.05, 0.1) is 6.26 Å². The Kier molecular flexibility index (Phi) is 5.75. The Morgan fingerprint density at radius 2 is 1.95 bits per heavy atom. The van der Waals surface area contributed by atoms with E-state index in [0.29, 0.717) is 19.0 Å². The lowest BCUT2D eigenvalue weighted by atomic mass is 10.4. The molecule has 0 aromatic carbocycles. The molecule has 1 rings (SSSR count). The Labute approximate surface area is 115 Å². The first-order valence-electron chi connectivity index (χ1n) is 5.96. The van der Waals surface area contributed by atoms with Crippen LogP contribution in [0.25, 0.3) is 0 Å². The van der Waals surface area contributed by atoms with Crippen LogP contribution in [-0.4, -0.2) is 43.6 Å². The number of hydrogen-bond donors (Lipinski definition) is 1. The van der Waals surface area contributed by atoms with Crippen LogP contribution in [0, 0.1) is 17.6 Å². The van der Waals surface area contributed by atoms with Gasteiger partial charge >= 0.3 is 0 Å². The second kappa shape index (κ2) is 6.89. The predicted molar refractivity (Wildman–Crippen MR) is 69.3 cm³/mol. The summed E-state index contributed by atoms with van der Waals surface area (Å²) in [6, 6.07) is 0.402. The monoisotopic (exact) mass is 311 g/mol. The number of aromatic nitrogens is 1. The summed E-state index contributed by atoms with van der Waals surface area (Å²) >= 11 is 0. The first-order chi connectivity index (χ1) is 9.25. The van der Waals surface area contributed by atoms with Gasteiger partial charge in [-0.15, -0.1) is 0 Å². The van der Waals surface area contributed by atoms with Gasteiger partial charge in [0.25, 0.3) is 5.95 Å². The zero-order valence-corrected chi connectivity index (χ0v) is 12.0. The zero-order chi connectivity index (χ0) is 15.3. The molecule has 20 heavy (non-hydrogen) atoms. The highest BCUT2D eigenvalue weighted by Crippen LogP contribution is 2.14. The van der Waals surface area contributed by atoms with Crippen LogP contribution in [-0.2, 0) is 10.0 Å². The van der Waals surface area contributed by atoms with E-state index in [-0.39, 0.29) is 13.1 Å². The van der Waals surface area contributed by atoms with Gasteiger partial charge in [-0.05, 0) is 6.42 Å². The van der Waals surface area contributed by atoms with Crippen molar-refractivity contribution in [3.8, 4) is 0 Å². The van der Waals surface area contributed by atoms with E-state index in [0.717, 1.165) is 6.26 Å². The van der Waals surface area contributed by atoms with E-state index in [9.17, 15) is 21.6 Å². The first kappa shape index (κ1) is 16.7. The lowest BCUT2D eigenvalue weighted by Gasteiger charge is -2.17. The van der Waals surface area contributed by atoms with Gasteiger partial charge in [0.1, 0.15) is 0 Å². The maximum Gasteiger partial charge on any atom is 0.251 e. The maximum atomic E-state index is 13.2. The molecule has 114 valence electrons. The van der Waals surface area contributed by atoms with Crippen LogP contribution in [0.5, 0.6) is 0 Å². The number of nitrogens with zero attached hydrogens (tertiary/aromatic N) is 2. The number of sulfonamides is 1. The summed E-state index contributed by atoms with van der Waals surface area (Å²) in [6.45, 7) is 2.45. The molecule has 9 heteroatoms. The highest BCUT2D eigenvalue weighted by molar-refractivity contribution is 7.88. The molecule has 0 spiro atoms. The molecule has 0 aliphatic carbocycles. The molecule has 1 aromatic rings. The van der Waals surface area contributed by atoms with Gasteiger partial charge < -0.3 is 5.32 Å². The summed E-state index contributed by atoms with van der Waals surface area (Å²) in [4.78, 5) is 3.10. The summed E-state index contributed by atoms with van der Waals surface area (Å²) in [5.41, 5.74) is 0. The fourth-order valence-corrected chi connectivity index (χ4v) is 2.52. The second-order valence-electron chi connectivity index (χ2n) is 4.13. The average molecular weight is 311 g/mol. The van der Waals surface area contributed by atoms with Crippen molar-refractivity contribution in [2.45, 2.75) is 13.3 Å². The number of nitrogens with one attached hydrogen (secondary N) is 1. The van der Waals surface area contributed by atoms with E-state index in [4.69, 9.17) is 0 Å². The third-order valence-electron chi connectivity index (χ3n) is 2.59. The Morgan fingerprint density at radius 1 is 1.30 bits per heavy atom. The highest BCUT2D eigenvalue weighted by atomic mass is 32.2. The van der Waals surface area contributed by atoms with Crippen LogP contribution in [0.1, 0.15) is 13.3 Å². The minimum Gasteiger partial charge on any atom is -0.367 e. The van der Waals surface area contributed by atoms with Crippen LogP contribution in [0.15, 0.2) is 6.07 Å². The van der Waals surface area contributed by atoms with Crippen molar-refractivity contribution in [3.63, 3.8) is 0 Å². The molecule has 0 saturated carbocycles. The Morgan fingerprint density at radius 3 is 2.50 bits per heavy atom. The Bertz CT molecular complexity index is 566. The topological polar surface area (TPSA) is 62.3 Å². The summed E-state index contributed by atoms with van der Waals surface area (Å²) in [5.74, 6) is -4.15. The van der Waals surface area contributed by atoms with E-state index in [1.165, 1.54) is 4.31 Å². The molecule has 0 bridgehead atoms. The van der Waals surface area contributed by atoms with Crippen molar-refractivity contribution < 1.29 is 21.6 Å². The van der Waals surface area contributed by atoms with Crippen molar-refractivity contribution in [1.82, 2.24) is 9.29 Å². The maximum absolute atomic E-state index is 13.2. The lowest BCUT2D eigenvalue weighted by molar-refractivity contribution is 0.428. The smallest absolute Gasteiger partial charge is 0.251 e. The number of halogens is 3. The zero-order valence-electron chi connectivity index (χ0n) is 11.2. The van der Waals surface area contributed by atoms with Crippen molar-refractivity contribution in [2.75, 3.05) is 31.2 Å². The summed E-state index contributed by atoms with van der Waals surface area (Å²) in [6.07, 6.45) is 1.47. The number of anilines is 1. The van der Waals surface area contributed by atoms with Crippen LogP contribution >= 0.6 is 0 Å². The molecular weight excluding hydrogens is 295 g/mol. The summed E-state index contributed by atoms with van der Waals surface area (Å²) < 4.78 is 62.6. The standard InChI is InChI=1S/C11H16F3N3O2S/c1-3-17(20(2,18)19)6-4-5-15-11-9(13)7-8(12)10(14)16-11/h7H,3-6H2,1-2H3,(H,15,16). The van der Waals surface area contributed by atoms with Crippen molar-refractivity contribution in [3.05, 3.63) is 23.6 Å². The Balaban J connectivity index is 2.51. The number of rotatable bonds is 7. The quantitative estimate of drug-likeness (QED) is 0.613. The molecule has 0 saturated heterocycles. The van der Waals surface area contributed by atoms with Gasteiger partial charge in [-0.25, -0.2) is 21.5 Å². The SMILES string of the molecule is CCN(CCCNc1nc(F)c(F)cc1F)S(C)(=O)=O. The lowest BCUT2D eigenvalue weighted by Crippen LogP contribution is -2.31. The Hall–Kier alpha value is -1.35. The molecule has 1 heterocycles. The minimum atomic E-state index is -3.27. The molecular formula is C11H16F3N3O2S. The van der Waals surface area contributed by atoms with Crippen LogP contribution in [0.2, 0.25) is 0 Å². The molecule has 1 aromatic heterocycles. The first-order valence-corrected chi connectivity index (χ1v) is 7.81. The second-order valence-corrected chi connectivity index (χ2v) is 6.11. The van der Waals surface area contributed by atoms with Crippen molar-refractivity contribution in [2.24, 2.45) is 0 Å². The molecule has 0 radical (unpaired) electrons.